The van der Waals surface area contributed by atoms with Crippen molar-refractivity contribution in [3.05, 3.63) is 106 Å². The number of aromatic amines is 1. The summed E-state index contributed by atoms with van der Waals surface area (Å²) in [6, 6.07) is 25.3. The topological polar surface area (TPSA) is 98.5 Å². The van der Waals surface area contributed by atoms with Gasteiger partial charge in [0.2, 0.25) is 0 Å². The first-order valence-corrected chi connectivity index (χ1v) is 12.3. The molecule has 8 nitrogen and oxygen atoms in total. The normalized spacial score (nSPS) is 11.2. The quantitative estimate of drug-likeness (QED) is 0.294. The summed E-state index contributed by atoms with van der Waals surface area (Å²) in [7, 11) is 0. The predicted molar refractivity (Wildman–Crippen MR) is 143 cm³/mol. The highest BCUT2D eigenvalue weighted by Gasteiger charge is 2.21. The molecule has 0 saturated carbocycles. The van der Waals surface area contributed by atoms with Crippen LogP contribution in [0.2, 0.25) is 0 Å². The van der Waals surface area contributed by atoms with Gasteiger partial charge in [-0.1, -0.05) is 80.6 Å². The van der Waals surface area contributed by atoms with Crippen molar-refractivity contribution in [3.63, 3.8) is 0 Å². The first-order valence-electron chi connectivity index (χ1n) is 12.3. The maximum Gasteiger partial charge on any atom is 0.333 e. The summed E-state index contributed by atoms with van der Waals surface area (Å²) in [5.41, 5.74) is 5.56. The van der Waals surface area contributed by atoms with Gasteiger partial charge in [0.25, 0.3) is 0 Å². The largest absolute Gasteiger partial charge is 0.333 e. The van der Waals surface area contributed by atoms with Crippen molar-refractivity contribution in [1.29, 1.82) is 0 Å². The Hall–Kier alpha value is -4.59. The standard InChI is InChI=1S/C29H28N6O2/c1-20(2)12-17-26-27(19-36)35(23-8-4-3-5-9-23)29(37)34(26)18-21-13-15-22(16-14-21)24-10-6-7-11-25(24)28-30-32-33-31-28/h3-11,13-16,19-20H,12,17-18H2,1-2H3,(H,30,31,32,33). The van der Waals surface area contributed by atoms with E-state index in [1.165, 1.54) is 4.57 Å². The Bertz CT molecular complexity index is 1550. The molecule has 0 aliphatic rings. The number of para-hydroxylation sites is 1. The van der Waals surface area contributed by atoms with E-state index in [1.54, 1.807) is 4.57 Å². The Kier molecular flexibility index (Phi) is 6.89. The molecule has 8 heteroatoms. The van der Waals surface area contributed by atoms with Crippen LogP contribution >= 0.6 is 0 Å². The molecule has 0 atom stereocenters. The fraction of sp³-hybridized carbons (Fsp3) is 0.207. The van der Waals surface area contributed by atoms with E-state index in [1.807, 2.05) is 78.9 Å². The van der Waals surface area contributed by atoms with Crippen LogP contribution in [0.1, 0.15) is 42.0 Å². The number of rotatable bonds is 9. The summed E-state index contributed by atoms with van der Waals surface area (Å²) in [4.78, 5) is 25.9. The molecule has 2 heterocycles. The van der Waals surface area contributed by atoms with Crippen LogP contribution in [0.5, 0.6) is 0 Å². The molecule has 0 aliphatic heterocycles. The van der Waals surface area contributed by atoms with E-state index in [4.69, 9.17) is 0 Å². The highest BCUT2D eigenvalue weighted by molar-refractivity contribution is 5.80. The van der Waals surface area contributed by atoms with Crippen LogP contribution < -0.4 is 5.69 Å². The molecular weight excluding hydrogens is 464 g/mol. The Morgan fingerprint density at radius 2 is 1.62 bits per heavy atom. The number of hydrogen-bond acceptors (Lipinski definition) is 5. The van der Waals surface area contributed by atoms with Crippen molar-refractivity contribution in [2.45, 2.75) is 33.2 Å². The lowest BCUT2D eigenvalue weighted by molar-refractivity contribution is 0.111. The molecule has 0 amide bonds. The molecule has 37 heavy (non-hydrogen) atoms. The van der Waals surface area contributed by atoms with Crippen LogP contribution in [-0.4, -0.2) is 36.0 Å². The number of aromatic nitrogens is 6. The van der Waals surface area contributed by atoms with E-state index in [0.29, 0.717) is 36.1 Å². The highest BCUT2D eigenvalue weighted by atomic mass is 16.2. The summed E-state index contributed by atoms with van der Waals surface area (Å²) in [5.74, 6) is 1.05. The molecule has 0 aliphatic carbocycles. The molecular formula is C29H28N6O2. The van der Waals surface area contributed by atoms with Gasteiger partial charge in [0.05, 0.1) is 17.9 Å². The van der Waals surface area contributed by atoms with Gasteiger partial charge in [-0.05, 0) is 58.0 Å². The highest BCUT2D eigenvalue weighted by Crippen LogP contribution is 2.30. The molecule has 5 aromatic rings. The number of nitrogens with one attached hydrogen (secondary N) is 1. The van der Waals surface area contributed by atoms with Gasteiger partial charge in [-0.15, -0.1) is 5.10 Å². The molecule has 0 spiro atoms. The van der Waals surface area contributed by atoms with Gasteiger partial charge >= 0.3 is 5.69 Å². The second-order valence-electron chi connectivity index (χ2n) is 9.41. The zero-order chi connectivity index (χ0) is 25.8. The Morgan fingerprint density at radius 3 is 2.27 bits per heavy atom. The molecule has 0 saturated heterocycles. The minimum atomic E-state index is -0.209. The molecule has 0 unspecified atom stereocenters. The van der Waals surface area contributed by atoms with Crippen LogP contribution in [0.3, 0.4) is 0 Å². The minimum Gasteiger partial charge on any atom is -0.296 e. The van der Waals surface area contributed by atoms with Gasteiger partial charge in [0, 0.05) is 5.56 Å². The van der Waals surface area contributed by atoms with Gasteiger partial charge in [-0.25, -0.2) is 9.89 Å². The predicted octanol–water partition coefficient (Wildman–Crippen LogP) is 4.94. The number of carbonyl (C=O) groups is 1. The zero-order valence-corrected chi connectivity index (χ0v) is 20.8. The molecule has 186 valence electrons. The average molecular weight is 493 g/mol. The van der Waals surface area contributed by atoms with E-state index in [2.05, 4.69) is 34.5 Å². The monoisotopic (exact) mass is 492 g/mol. The van der Waals surface area contributed by atoms with Gasteiger partial charge < -0.3 is 0 Å². The van der Waals surface area contributed by atoms with Crippen molar-refractivity contribution in [3.8, 4) is 28.2 Å². The van der Waals surface area contributed by atoms with E-state index >= 15 is 0 Å². The number of tetrazole rings is 1. The third-order valence-electron chi connectivity index (χ3n) is 6.50. The molecule has 0 fully saturated rings. The smallest absolute Gasteiger partial charge is 0.296 e. The van der Waals surface area contributed by atoms with Crippen molar-refractivity contribution in [2.75, 3.05) is 0 Å². The third-order valence-corrected chi connectivity index (χ3v) is 6.50. The fourth-order valence-corrected chi connectivity index (χ4v) is 4.59. The molecule has 5 rings (SSSR count). The van der Waals surface area contributed by atoms with Crippen molar-refractivity contribution in [1.82, 2.24) is 29.8 Å². The summed E-state index contributed by atoms with van der Waals surface area (Å²) in [6.45, 7) is 4.66. The summed E-state index contributed by atoms with van der Waals surface area (Å²) in [6.07, 6.45) is 2.34. The van der Waals surface area contributed by atoms with Gasteiger partial charge in [-0.2, -0.15) is 0 Å². The number of aldehydes is 1. The van der Waals surface area contributed by atoms with Crippen LogP contribution in [-0.2, 0) is 13.0 Å². The SMILES string of the molecule is CC(C)CCc1c(C=O)n(-c2ccccc2)c(=O)n1Cc1ccc(-c2ccccc2-c2nnn[nH]2)cc1. The number of H-pyrrole nitrogens is 1. The maximum absolute atomic E-state index is 13.6. The Morgan fingerprint density at radius 1 is 0.919 bits per heavy atom. The summed E-state index contributed by atoms with van der Waals surface area (Å²) in [5, 5.41) is 14.3. The second-order valence-corrected chi connectivity index (χ2v) is 9.41. The first kappa shape index (κ1) is 24.1. The number of benzene rings is 3. The van der Waals surface area contributed by atoms with Crippen LogP contribution in [0.25, 0.3) is 28.2 Å². The average Bonchev–Trinajstić information content (AvgIpc) is 3.55. The Balaban J connectivity index is 1.52. The van der Waals surface area contributed by atoms with Gasteiger partial charge in [-0.3, -0.25) is 13.9 Å². The van der Waals surface area contributed by atoms with Crippen molar-refractivity contribution in [2.24, 2.45) is 5.92 Å². The van der Waals surface area contributed by atoms with E-state index < -0.39 is 0 Å². The van der Waals surface area contributed by atoms with Crippen molar-refractivity contribution >= 4 is 6.29 Å². The minimum absolute atomic E-state index is 0.209. The lowest BCUT2D eigenvalue weighted by Crippen LogP contribution is -2.25. The summed E-state index contributed by atoms with van der Waals surface area (Å²) >= 11 is 0. The third kappa shape index (κ3) is 4.91. The van der Waals surface area contributed by atoms with Gasteiger partial charge in [0.1, 0.15) is 5.69 Å². The molecule has 0 bridgehead atoms. The van der Waals surface area contributed by atoms with E-state index in [9.17, 15) is 9.59 Å². The lowest BCUT2D eigenvalue weighted by atomic mass is 9.98. The maximum atomic E-state index is 13.6. The number of nitrogens with zero attached hydrogens (tertiary/aromatic N) is 5. The van der Waals surface area contributed by atoms with Crippen LogP contribution in [0, 0.1) is 5.92 Å². The van der Waals surface area contributed by atoms with Crippen LogP contribution in [0.15, 0.2) is 83.7 Å². The second kappa shape index (κ2) is 10.6. The fourth-order valence-electron chi connectivity index (χ4n) is 4.59. The molecule has 0 radical (unpaired) electrons. The van der Waals surface area contributed by atoms with Crippen LogP contribution in [0.4, 0.5) is 0 Å². The molecule has 1 N–H and O–H groups in total. The number of hydrogen-bond donors (Lipinski definition) is 1. The lowest BCUT2D eigenvalue weighted by Gasteiger charge is -2.11. The summed E-state index contributed by atoms with van der Waals surface area (Å²) < 4.78 is 3.26. The molecule has 3 aromatic carbocycles. The van der Waals surface area contributed by atoms with Crippen molar-refractivity contribution < 1.29 is 4.79 Å². The number of carbonyl (C=O) groups excluding carboxylic acids is 1. The Labute approximate surface area is 214 Å². The molecule has 2 aromatic heterocycles. The zero-order valence-electron chi connectivity index (χ0n) is 20.8. The van der Waals surface area contributed by atoms with Gasteiger partial charge in [0.15, 0.2) is 12.1 Å². The van der Waals surface area contributed by atoms with E-state index in [-0.39, 0.29) is 5.69 Å². The number of imidazole rings is 1. The van der Waals surface area contributed by atoms with E-state index in [0.717, 1.165) is 40.7 Å². The first-order chi connectivity index (χ1) is 18.1.